The van der Waals surface area contributed by atoms with Gasteiger partial charge in [0.15, 0.2) is 5.82 Å². The molecule has 0 aliphatic rings. The van der Waals surface area contributed by atoms with Gasteiger partial charge in [0.05, 0.1) is 11.4 Å². The van der Waals surface area contributed by atoms with Crippen LogP contribution >= 0.6 is 0 Å². The lowest BCUT2D eigenvalue weighted by atomic mass is 9.84. The molecule has 54 heavy (non-hydrogen) atoms. The summed E-state index contributed by atoms with van der Waals surface area (Å²) in [6.07, 6.45) is 3.65. The van der Waals surface area contributed by atoms with Crippen LogP contribution in [0.5, 0.6) is 0 Å². The van der Waals surface area contributed by atoms with Gasteiger partial charge in [-0.15, -0.1) is 0 Å². The summed E-state index contributed by atoms with van der Waals surface area (Å²) in [6.45, 7) is 0. The van der Waals surface area contributed by atoms with Crippen LogP contribution < -0.4 is 0 Å². The van der Waals surface area contributed by atoms with E-state index in [1.165, 1.54) is 54.6 Å². The Hall–Kier alpha value is -7.23. The maximum atomic E-state index is 5.13. The third-order valence-corrected chi connectivity index (χ3v) is 10.4. The first-order valence-electron chi connectivity index (χ1n) is 18.3. The fourth-order valence-electron chi connectivity index (χ4n) is 7.81. The quantitative estimate of drug-likeness (QED) is 0.129. The van der Waals surface area contributed by atoms with E-state index in [0.717, 1.165) is 39.2 Å². The predicted molar refractivity (Wildman–Crippen MR) is 225 cm³/mol. The molecule has 0 saturated carbocycles. The lowest BCUT2D eigenvalue weighted by Gasteiger charge is -2.19. The van der Waals surface area contributed by atoms with Crippen molar-refractivity contribution in [3.63, 3.8) is 0 Å². The van der Waals surface area contributed by atoms with Gasteiger partial charge in [0.25, 0.3) is 0 Å². The zero-order chi connectivity index (χ0) is 35.8. The van der Waals surface area contributed by atoms with Crippen LogP contribution in [0.3, 0.4) is 0 Å². The van der Waals surface area contributed by atoms with E-state index in [1.807, 2.05) is 42.7 Å². The van der Waals surface area contributed by atoms with Crippen LogP contribution in [-0.2, 0) is 0 Å². The molecule has 0 aliphatic heterocycles. The summed E-state index contributed by atoms with van der Waals surface area (Å²) >= 11 is 0. The SMILES string of the molecule is c1ccc(-c2nc(-c3ccc(-c4ccncc4)cc3)cc(-c3ccc(-c4c5ccccc5c(-c5ccccc5)c5c4ccc4ccccc45)cc3)n2)cc1. The number of hydrogen-bond acceptors (Lipinski definition) is 3. The highest BCUT2D eigenvalue weighted by molar-refractivity contribution is 6.27. The van der Waals surface area contributed by atoms with Crippen molar-refractivity contribution in [3.8, 4) is 67.3 Å². The first kappa shape index (κ1) is 31.5. The zero-order valence-corrected chi connectivity index (χ0v) is 29.4. The summed E-state index contributed by atoms with van der Waals surface area (Å²) in [5.74, 6) is 0.700. The molecule has 10 rings (SSSR count). The third kappa shape index (κ3) is 5.60. The molecule has 3 heteroatoms. The second-order valence-electron chi connectivity index (χ2n) is 13.6. The second-order valence-corrected chi connectivity index (χ2v) is 13.6. The smallest absolute Gasteiger partial charge is 0.160 e. The number of hydrogen-bond donors (Lipinski definition) is 0. The van der Waals surface area contributed by atoms with Gasteiger partial charge >= 0.3 is 0 Å². The van der Waals surface area contributed by atoms with Crippen molar-refractivity contribution in [2.45, 2.75) is 0 Å². The molecule has 0 fully saturated rings. The Kier molecular flexibility index (Phi) is 7.81. The molecule has 0 radical (unpaired) electrons. The average Bonchev–Trinajstić information content (AvgIpc) is 3.26. The minimum atomic E-state index is 0.700. The van der Waals surface area contributed by atoms with Gasteiger partial charge in [-0.2, -0.15) is 0 Å². The van der Waals surface area contributed by atoms with Gasteiger partial charge in [0.1, 0.15) is 0 Å². The highest BCUT2D eigenvalue weighted by atomic mass is 14.9. The van der Waals surface area contributed by atoms with Crippen LogP contribution in [0.15, 0.2) is 200 Å². The molecule has 0 amide bonds. The van der Waals surface area contributed by atoms with Gasteiger partial charge in [-0.25, -0.2) is 9.97 Å². The average molecular weight is 688 g/mol. The van der Waals surface area contributed by atoms with Gasteiger partial charge in [-0.1, -0.05) is 170 Å². The van der Waals surface area contributed by atoms with Crippen molar-refractivity contribution in [1.82, 2.24) is 15.0 Å². The summed E-state index contributed by atoms with van der Waals surface area (Å²) < 4.78 is 0. The van der Waals surface area contributed by atoms with Crippen LogP contribution in [0.1, 0.15) is 0 Å². The Morgan fingerprint density at radius 2 is 0.778 bits per heavy atom. The Labute approximate surface area is 313 Å². The molecule has 2 heterocycles. The minimum Gasteiger partial charge on any atom is -0.265 e. The molecular weight excluding hydrogens is 655 g/mol. The third-order valence-electron chi connectivity index (χ3n) is 10.4. The van der Waals surface area contributed by atoms with E-state index >= 15 is 0 Å². The maximum Gasteiger partial charge on any atom is 0.160 e. The molecule has 0 bridgehead atoms. The first-order valence-corrected chi connectivity index (χ1v) is 18.3. The monoisotopic (exact) mass is 687 g/mol. The van der Waals surface area contributed by atoms with E-state index in [1.54, 1.807) is 0 Å². The molecule has 3 nitrogen and oxygen atoms in total. The van der Waals surface area contributed by atoms with E-state index in [9.17, 15) is 0 Å². The number of benzene rings is 8. The van der Waals surface area contributed by atoms with Crippen LogP contribution in [0.2, 0.25) is 0 Å². The lowest BCUT2D eigenvalue weighted by molar-refractivity contribution is 1.18. The molecule has 0 unspecified atom stereocenters. The van der Waals surface area contributed by atoms with Crippen LogP contribution in [0.4, 0.5) is 0 Å². The molecule has 8 aromatic carbocycles. The second kappa shape index (κ2) is 13.4. The summed E-state index contributed by atoms with van der Waals surface area (Å²) in [6, 6.07) is 66.8. The molecule has 2 aromatic heterocycles. The Morgan fingerprint density at radius 3 is 1.43 bits per heavy atom. The van der Waals surface area contributed by atoms with Crippen molar-refractivity contribution < 1.29 is 0 Å². The molecule has 252 valence electrons. The van der Waals surface area contributed by atoms with E-state index in [2.05, 4.69) is 163 Å². The van der Waals surface area contributed by atoms with Crippen molar-refractivity contribution in [3.05, 3.63) is 200 Å². The molecule has 0 N–H and O–H groups in total. The summed E-state index contributed by atoms with van der Waals surface area (Å²) in [4.78, 5) is 14.4. The first-order chi connectivity index (χ1) is 26.8. The van der Waals surface area contributed by atoms with Crippen molar-refractivity contribution in [2.24, 2.45) is 0 Å². The minimum absolute atomic E-state index is 0.700. The van der Waals surface area contributed by atoms with Gasteiger partial charge in [0.2, 0.25) is 0 Å². The summed E-state index contributed by atoms with van der Waals surface area (Å²) in [5.41, 5.74) is 12.0. The molecule has 0 atom stereocenters. The maximum absolute atomic E-state index is 5.13. The Bertz CT molecular complexity index is 2940. The van der Waals surface area contributed by atoms with Gasteiger partial charge in [-0.3, -0.25) is 4.98 Å². The predicted octanol–water partition coefficient (Wildman–Crippen LogP) is 13.3. The van der Waals surface area contributed by atoms with Crippen LogP contribution in [-0.4, -0.2) is 15.0 Å². The number of pyridine rings is 1. The fourth-order valence-corrected chi connectivity index (χ4v) is 7.81. The van der Waals surface area contributed by atoms with Crippen LogP contribution in [0, 0.1) is 0 Å². The van der Waals surface area contributed by atoms with E-state index in [-0.39, 0.29) is 0 Å². The number of rotatable bonds is 6. The van der Waals surface area contributed by atoms with Crippen molar-refractivity contribution in [2.75, 3.05) is 0 Å². The molecule has 0 aliphatic carbocycles. The van der Waals surface area contributed by atoms with E-state index in [0.29, 0.717) is 5.82 Å². The van der Waals surface area contributed by atoms with Gasteiger partial charge < -0.3 is 0 Å². The molecular formula is C51H33N3. The fraction of sp³-hybridized carbons (Fsp3) is 0. The Morgan fingerprint density at radius 1 is 0.296 bits per heavy atom. The number of nitrogens with zero attached hydrogens (tertiary/aromatic N) is 3. The molecule has 0 saturated heterocycles. The van der Waals surface area contributed by atoms with E-state index < -0.39 is 0 Å². The standard InChI is InChI=1S/C51H33N3/c1-3-12-39(13-4-1)49-44-18-10-9-17-43(44)48(45-28-27-36-11-7-8-16-42(36)50(45)49)40-25-23-38(24-26-40)47-33-46(53-51(54-47)41-14-5-2-6-15-41)37-21-19-34(20-22-37)35-29-31-52-32-30-35/h1-33H. The molecule has 10 aromatic rings. The normalized spacial score (nSPS) is 11.3. The zero-order valence-electron chi connectivity index (χ0n) is 29.4. The van der Waals surface area contributed by atoms with Crippen LogP contribution in [0.25, 0.3) is 99.6 Å². The largest absolute Gasteiger partial charge is 0.265 e. The molecule has 0 spiro atoms. The van der Waals surface area contributed by atoms with Gasteiger partial charge in [0, 0.05) is 29.1 Å². The Balaban J connectivity index is 1.13. The van der Waals surface area contributed by atoms with Crippen molar-refractivity contribution in [1.29, 1.82) is 0 Å². The topological polar surface area (TPSA) is 38.7 Å². The summed E-state index contributed by atoms with van der Waals surface area (Å²) in [5, 5.41) is 7.49. The number of aromatic nitrogens is 3. The van der Waals surface area contributed by atoms with E-state index in [4.69, 9.17) is 9.97 Å². The highest BCUT2D eigenvalue weighted by Gasteiger charge is 2.19. The van der Waals surface area contributed by atoms with Gasteiger partial charge in [-0.05, 0) is 83.9 Å². The van der Waals surface area contributed by atoms with Crippen molar-refractivity contribution >= 4 is 32.3 Å². The number of fused-ring (bicyclic) bond motifs is 4. The lowest BCUT2D eigenvalue weighted by Crippen LogP contribution is -1.96. The summed E-state index contributed by atoms with van der Waals surface area (Å²) in [7, 11) is 0. The highest BCUT2D eigenvalue weighted by Crippen LogP contribution is 2.46.